The van der Waals surface area contributed by atoms with E-state index in [1.807, 2.05) is 0 Å². The highest BCUT2D eigenvalue weighted by Gasteiger charge is 2.30. The molecule has 1 N–H and O–H groups in total. The van der Waals surface area contributed by atoms with E-state index in [1.54, 1.807) is 27.0 Å². The molecule has 0 saturated carbocycles. The molecule has 1 saturated heterocycles. The number of nitrogens with one attached hydrogen (secondary N) is 1. The number of ether oxygens (including phenoxy) is 1. The van der Waals surface area contributed by atoms with Crippen molar-refractivity contribution in [2.45, 2.75) is 32.9 Å². The second-order valence-electron chi connectivity index (χ2n) is 5.87. The Labute approximate surface area is 135 Å². The fourth-order valence-corrected chi connectivity index (χ4v) is 4.50. The van der Waals surface area contributed by atoms with Gasteiger partial charge < -0.3 is 14.6 Å². The van der Waals surface area contributed by atoms with E-state index in [1.165, 1.54) is 4.57 Å². The predicted octanol–water partition coefficient (Wildman–Crippen LogP) is 0.0284. The lowest BCUT2D eigenvalue weighted by atomic mass is 10.1. The van der Waals surface area contributed by atoms with Crippen molar-refractivity contribution in [2.24, 2.45) is 0 Å². The van der Waals surface area contributed by atoms with E-state index in [-0.39, 0.29) is 22.6 Å². The molecule has 1 aromatic heterocycles. The SMILES string of the molecule is COCCn1c(C)cc(C)c(C(=O)N[C@@H]2CCS(=O)(=O)C2)c1=O. The first-order valence-corrected chi connectivity index (χ1v) is 9.28. The number of methoxy groups -OCH3 is 1. The van der Waals surface area contributed by atoms with E-state index in [4.69, 9.17) is 4.74 Å². The van der Waals surface area contributed by atoms with Crippen molar-refractivity contribution in [3.8, 4) is 0 Å². The summed E-state index contributed by atoms with van der Waals surface area (Å²) in [4.78, 5) is 25.0. The van der Waals surface area contributed by atoms with Crippen LogP contribution in [0.1, 0.15) is 28.0 Å². The van der Waals surface area contributed by atoms with Gasteiger partial charge in [-0.3, -0.25) is 9.59 Å². The van der Waals surface area contributed by atoms with Crippen LogP contribution in [-0.2, 0) is 21.1 Å². The zero-order valence-corrected chi connectivity index (χ0v) is 14.4. The number of amides is 1. The van der Waals surface area contributed by atoms with E-state index < -0.39 is 21.8 Å². The number of nitrogens with zero attached hydrogens (tertiary/aromatic N) is 1. The van der Waals surface area contributed by atoms with Crippen molar-refractivity contribution in [3.05, 3.63) is 33.2 Å². The standard InChI is InChI=1S/C15H22N2O5S/c1-10-8-11(2)17(5-6-22-3)15(19)13(10)14(18)16-12-4-7-23(20,21)9-12/h8,12H,4-7,9H2,1-3H3,(H,16,18)/t12-/m1/s1. The Hall–Kier alpha value is -1.67. The highest BCUT2D eigenvalue weighted by molar-refractivity contribution is 7.91. The van der Waals surface area contributed by atoms with Crippen LogP contribution in [0.4, 0.5) is 0 Å². The minimum Gasteiger partial charge on any atom is -0.383 e. The molecule has 0 bridgehead atoms. The lowest BCUT2D eigenvalue weighted by molar-refractivity contribution is 0.0938. The van der Waals surface area contributed by atoms with Gasteiger partial charge in [-0.2, -0.15) is 0 Å². The van der Waals surface area contributed by atoms with Gasteiger partial charge in [0.15, 0.2) is 9.84 Å². The normalized spacial score (nSPS) is 19.7. The fraction of sp³-hybridized carbons (Fsp3) is 0.600. The number of hydrogen-bond acceptors (Lipinski definition) is 5. The molecule has 1 aliphatic rings. The number of aryl methyl sites for hydroxylation is 2. The van der Waals surface area contributed by atoms with Gasteiger partial charge in [-0.15, -0.1) is 0 Å². The average molecular weight is 342 g/mol. The molecule has 0 aliphatic carbocycles. The number of rotatable bonds is 5. The van der Waals surface area contributed by atoms with E-state index in [2.05, 4.69) is 5.32 Å². The Morgan fingerprint density at radius 2 is 2.13 bits per heavy atom. The van der Waals surface area contributed by atoms with Gasteiger partial charge in [0.1, 0.15) is 5.56 Å². The molecule has 0 spiro atoms. The summed E-state index contributed by atoms with van der Waals surface area (Å²) in [6, 6.07) is 1.34. The molecule has 7 nitrogen and oxygen atoms in total. The summed E-state index contributed by atoms with van der Waals surface area (Å²) >= 11 is 0. The van der Waals surface area contributed by atoms with Crippen LogP contribution in [0.2, 0.25) is 0 Å². The van der Waals surface area contributed by atoms with Gasteiger partial charge in [-0.05, 0) is 31.9 Å². The second-order valence-corrected chi connectivity index (χ2v) is 8.10. The quantitative estimate of drug-likeness (QED) is 0.815. The molecule has 0 radical (unpaired) electrons. The van der Waals surface area contributed by atoms with Gasteiger partial charge >= 0.3 is 0 Å². The Morgan fingerprint density at radius 1 is 1.43 bits per heavy atom. The Balaban J connectivity index is 2.28. The van der Waals surface area contributed by atoms with Crippen molar-refractivity contribution < 1.29 is 17.9 Å². The van der Waals surface area contributed by atoms with Gasteiger partial charge in [0, 0.05) is 25.4 Å². The van der Waals surface area contributed by atoms with Crippen LogP contribution in [-0.4, -0.2) is 50.2 Å². The summed E-state index contributed by atoms with van der Waals surface area (Å²) in [5.74, 6) is -0.509. The van der Waals surface area contributed by atoms with Gasteiger partial charge in [-0.1, -0.05) is 0 Å². The van der Waals surface area contributed by atoms with Crippen molar-refractivity contribution in [1.29, 1.82) is 0 Å². The first kappa shape index (κ1) is 17.7. The molecular weight excluding hydrogens is 320 g/mol. The summed E-state index contributed by atoms with van der Waals surface area (Å²) in [5, 5.41) is 2.67. The maximum Gasteiger partial charge on any atom is 0.263 e. The van der Waals surface area contributed by atoms with E-state index in [9.17, 15) is 18.0 Å². The third kappa shape index (κ3) is 4.00. The number of pyridine rings is 1. The number of sulfone groups is 1. The van der Waals surface area contributed by atoms with Crippen LogP contribution in [0.5, 0.6) is 0 Å². The minimum absolute atomic E-state index is 0.0657. The minimum atomic E-state index is -3.08. The molecule has 1 fully saturated rings. The monoisotopic (exact) mass is 342 g/mol. The number of carbonyl (C=O) groups excluding carboxylic acids is 1. The zero-order chi connectivity index (χ0) is 17.2. The molecule has 1 aliphatic heterocycles. The molecule has 1 aromatic rings. The summed E-state index contributed by atoms with van der Waals surface area (Å²) in [6.45, 7) is 4.23. The van der Waals surface area contributed by atoms with Crippen molar-refractivity contribution in [3.63, 3.8) is 0 Å². The lowest BCUT2D eigenvalue weighted by Gasteiger charge is -2.16. The Bertz CT molecular complexity index is 767. The third-order valence-electron chi connectivity index (χ3n) is 4.02. The van der Waals surface area contributed by atoms with Crippen LogP contribution in [0.3, 0.4) is 0 Å². The summed E-state index contributed by atoms with van der Waals surface area (Å²) in [7, 11) is -1.54. The number of hydrogen-bond donors (Lipinski definition) is 1. The van der Waals surface area contributed by atoms with Crippen molar-refractivity contribution in [1.82, 2.24) is 9.88 Å². The van der Waals surface area contributed by atoms with Crippen LogP contribution in [0.25, 0.3) is 0 Å². The first-order chi connectivity index (χ1) is 10.7. The van der Waals surface area contributed by atoms with Gasteiger partial charge in [0.2, 0.25) is 0 Å². The van der Waals surface area contributed by atoms with Crippen molar-refractivity contribution in [2.75, 3.05) is 25.2 Å². The summed E-state index contributed by atoms with van der Waals surface area (Å²) in [6.07, 6.45) is 0.386. The summed E-state index contributed by atoms with van der Waals surface area (Å²) in [5.41, 5.74) is 1.03. The van der Waals surface area contributed by atoms with E-state index >= 15 is 0 Å². The molecule has 0 unspecified atom stereocenters. The molecule has 8 heteroatoms. The van der Waals surface area contributed by atoms with Crippen LogP contribution in [0.15, 0.2) is 10.9 Å². The summed E-state index contributed by atoms with van der Waals surface area (Å²) < 4.78 is 29.4. The van der Waals surface area contributed by atoms with Crippen molar-refractivity contribution >= 4 is 15.7 Å². The lowest BCUT2D eigenvalue weighted by Crippen LogP contribution is -2.40. The number of carbonyl (C=O) groups is 1. The Kier molecular flexibility index (Phi) is 5.26. The molecule has 1 atom stereocenters. The molecule has 2 rings (SSSR count). The highest BCUT2D eigenvalue weighted by Crippen LogP contribution is 2.13. The predicted molar refractivity (Wildman–Crippen MR) is 86.6 cm³/mol. The van der Waals surface area contributed by atoms with Gasteiger partial charge in [-0.25, -0.2) is 8.42 Å². The maximum atomic E-state index is 12.6. The van der Waals surface area contributed by atoms with E-state index in [0.29, 0.717) is 25.1 Å². The van der Waals surface area contributed by atoms with Gasteiger partial charge in [0.05, 0.1) is 18.1 Å². The molecular formula is C15H22N2O5S. The van der Waals surface area contributed by atoms with Gasteiger partial charge in [0.25, 0.3) is 11.5 Å². The molecule has 0 aromatic carbocycles. The maximum absolute atomic E-state index is 12.6. The molecule has 2 heterocycles. The zero-order valence-electron chi connectivity index (χ0n) is 13.6. The molecule has 1 amide bonds. The van der Waals surface area contributed by atoms with E-state index in [0.717, 1.165) is 5.69 Å². The topological polar surface area (TPSA) is 94.5 Å². The highest BCUT2D eigenvalue weighted by atomic mass is 32.2. The number of aromatic nitrogens is 1. The average Bonchev–Trinajstić information content (AvgIpc) is 2.77. The fourth-order valence-electron chi connectivity index (χ4n) is 2.83. The molecule has 128 valence electrons. The first-order valence-electron chi connectivity index (χ1n) is 7.46. The Morgan fingerprint density at radius 3 is 2.70 bits per heavy atom. The van der Waals surface area contributed by atoms with Crippen LogP contribution >= 0.6 is 0 Å². The molecule has 23 heavy (non-hydrogen) atoms. The third-order valence-corrected chi connectivity index (χ3v) is 5.79. The van der Waals surface area contributed by atoms with Crippen LogP contribution in [0, 0.1) is 13.8 Å². The largest absolute Gasteiger partial charge is 0.383 e. The smallest absolute Gasteiger partial charge is 0.263 e. The van der Waals surface area contributed by atoms with Crippen LogP contribution < -0.4 is 10.9 Å². The second kappa shape index (κ2) is 6.84.